The van der Waals surface area contributed by atoms with Crippen LogP contribution in [0.15, 0.2) is 42.5 Å². The van der Waals surface area contributed by atoms with E-state index in [0.717, 1.165) is 24.9 Å². The fourth-order valence-corrected chi connectivity index (χ4v) is 4.02. The van der Waals surface area contributed by atoms with Crippen molar-refractivity contribution in [2.45, 2.75) is 31.5 Å². The molecule has 0 unspecified atom stereocenters. The molecule has 8 nitrogen and oxygen atoms in total. The fraction of sp³-hybridized carbons (Fsp3) is 0.316. The second-order valence-corrected chi connectivity index (χ2v) is 6.89. The van der Waals surface area contributed by atoms with E-state index in [1.807, 2.05) is 0 Å². The molecule has 2 aliphatic rings. The molecule has 2 atom stereocenters. The van der Waals surface area contributed by atoms with E-state index in [0.29, 0.717) is 12.1 Å². The van der Waals surface area contributed by atoms with Gasteiger partial charge in [-0.1, -0.05) is 6.07 Å². The smallest absolute Gasteiger partial charge is 0.269 e. The molecule has 2 fully saturated rings. The van der Waals surface area contributed by atoms with E-state index in [2.05, 4.69) is 4.90 Å². The van der Waals surface area contributed by atoms with Gasteiger partial charge < -0.3 is 10.2 Å². The van der Waals surface area contributed by atoms with Crippen LogP contribution in [0.4, 0.5) is 11.4 Å². The van der Waals surface area contributed by atoms with Crippen molar-refractivity contribution >= 4 is 17.3 Å². The number of rotatable bonds is 4. The van der Waals surface area contributed by atoms with Crippen LogP contribution in [0.5, 0.6) is 11.5 Å². The van der Waals surface area contributed by atoms with Crippen LogP contribution in [0, 0.1) is 10.1 Å². The lowest BCUT2D eigenvalue weighted by Crippen LogP contribution is -2.41. The van der Waals surface area contributed by atoms with Gasteiger partial charge >= 0.3 is 0 Å². The summed E-state index contributed by atoms with van der Waals surface area (Å²) in [5.41, 5.74) is 1.39. The van der Waals surface area contributed by atoms with Gasteiger partial charge in [0.2, 0.25) is 5.91 Å². The molecular weight excluding hydrogens is 350 g/mol. The number of aromatic hydroxyl groups is 2. The van der Waals surface area contributed by atoms with E-state index < -0.39 is 4.92 Å². The standard InChI is InChI=1S/C19H19N3O5/c23-16-8-3-12(10-17(16)24)11-18-20-9-1-2-15(20)19(25)21(18)13-4-6-14(7-5-13)22(26)27/h3-8,10,15,18,23-24H,1-2,9,11H2/t15-,18+/m0/s1. The van der Waals surface area contributed by atoms with Crippen molar-refractivity contribution in [1.29, 1.82) is 0 Å². The molecule has 27 heavy (non-hydrogen) atoms. The van der Waals surface area contributed by atoms with Crippen molar-refractivity contribution in [1.82, 2.24) is 4.90 Å². The lowest BCUT2D eigenvalue weighted by atomic mass is 10.1. The van der Waals surface area contributed by atoms with Crippen molar-refractivity contribution in [2.24, 2.45) is 0 Å². The summed E-state index contributed by atoms with van der Waals surface area (Å²) in [6.07, 6.45) is 1.98. The van der Waals surface area contributed by atoms with Crippen LogP contribution in [0.25, 0.3) is 0 Å². The number of benzene rings is 2. The third-order valence-corrected chi connectivity index (χ3v) is 5.29. The van der Waals surface area contributed by atoms with E-state index in [1.165, 1.54) is 24.3 Å². The largest absolute Gasteiger partial charge is 0.504 e. The van der Waals surface area contributed by atoms with Crippen LogP contribution >= 0.6 is 0 Å². The number of nitro groups is 1. The quantitative estimate of drug-likeness (QED) is 0.487. The number of non-ortho nitro benzene ring substituents is 1. The molecule has 0 aliphatic carbocycles. The second-order valence-electron chi connectivity index (χ2n) is 6.89. The van der Waals surface area contributed by atoms with Crippen LogP contribution < -0.4 is 4.90 Å². The number of carbonyl (C=O) groups is 1. The first kappa shape index (κ1) is 17.3. The summed E-state index contributed by atoms with van der Waals surface area (Å²) in [5, 5.41) is 30.2. The minimum atomic E-state index is -0.468. The van der Waals surface area contributed by atoms with Gasteiger partial charge in [-0.05, 0) is 42.7 Å². The van der Waals surface area contributed by atoms with Crippen LogP contribution in [0.1, 0.15) is 18.4 Å². The summed E-state index contributed by atoms with van der Waals surface area (Å²) in [7, 11) is 0. The molecule has 0 bridgehead atoms. The van der Waals surface area contributed by atoms with E-state index in [4.69, 9.17) is 0 Å². The average Bonchev–Trinajstić information content (AvgIpc) is 3.22. The van der Waals surface area contributed by atoms with Crippen molar-refractivity contribution in [3.63, 3.8) is 0 Å². The molecular formula is C19H19N3O5. The molecule has 2 aromatic carbocycles. The number of phenols is 2. The summed E-state index contributed by atoms with van der Waals surface area (Å²) < 4.78 is 0. The molecule has 4 rings (SSSR count). The summed E-state index contributed by atoms with van der Waals surface area (Å²) >= 11 is 0. The normalized spacial score (nSPS) is 22.2. The Morgan fingerprint density at radius 1 is 1.11 bits per heavy atom. The zero-order valence-electron chi connectivity index (χ0n) is 14.5. The van der Waals surface area contributed by atoms with Crippen molar-refractivity contribution in [3.8, 4) is 11.5 Å². The maximum Gasteiger partial charge on any atom is 0.269 e. The van der Waals surface area contributed by atoms with Crippen molar-refractivity contribution in [2.75, 3.05) is 11.4 Å². The lowest BCUT2D eigenvalue weighted by Gasteiger charge is -2.29. The highest BCUT2D eigenvalue weighted by molar-refractivity contribution is 6.00. The van der Waals surface area contributed by atoms with E-state index in [-0.39, 0.29) is 35.3 Å². The first-order valence-electron chi connectivity index (χ1n) is 8.80. The fourth-order valence-electron chi connectivity index (χ4n) is 4.02. The Kier molecular flexibility index (Phi) is 4.19. The Bertz CT molecular complexity index is 899. The van der Waals surface area contributed by atoms with E-state index in [1.54, 1.807) is 23.1 Å². The first-order valence-corrected chi connectivity index (χ1v) is 8.80. The van der Waals surface area contributed by atoms with Gasteiger partial charge in [-0.3, -0.25) is 24.7 Å². The lowest BCUT2D eigenvalue weighted by molar-refractivity contribution is -0.384. The zero-order chi connectivity index (χ0) is 19.1. The van der Waals surface area contributed by atoms with Gasteiger partial charge in [-0.2, -0.15) is 0 Å². The first-order chi connectivity index (χ1) is 13.0. The third-order valence-electron chi connectivity index (χ3n) is 5.29. The van der Waals surface area contributed by atoms with Crippen molar-refractivity contribution < 1.29 is 19.9 Å². The average molecular weight is 369 g/mol. The molecule has 2 aliphatic heterocycles. The number of nitro benzene ring substituents is 1. The maximum absolute atomic E-state index is 13.0. The zero-order valence-corrected chi connectivity index (χ0v) is 14.5. The predicted molar refractivity (Wildman–Crippen MR) is 97.6 cm³/mol. The Labute approximate surface area is 155 Å². The molecule has 0 aromatic heterocycles. The molecule has 0 spiro atoms. The molecule has 2 heterocycles. The van der Waals surface area contributed by atoms with Crippen molar-refractivity contribution in [3.05, 3.63) is 58.1 Å². The Morgan fingerprint density at radius 2 is 1.85 bits per heavy atom. The predicted octanol–water partition coefficient (Wildman–Crippen LogP) is 2.39. The van der Waals surface area contributed by atoms with Crippen LogP contribution in [-0.2, 0) is 11.2 Å². The molecule has 2 saturated heterocycles. The topological polar surface area (TPSA) is 107 Å². The highest BCUT2D eigenvalue weighted by Crippen LogP contribution is 2.37. The molecule has 140 valence electrons. The number of hydrogen-bond donors (Lipinski definition) is 2. The molecule has 0 radical (unpaired) electrons. The second kappa shape index (κ2) is 6.55. The SMILES string of the molecule is O=C1[C@@H]2CCCN2[C@@H](Cc2ccc(O)c(O)c2)N1c1ccc([N+](=O)[O-])cc1. The number of fused-ring (bicyclic) bond motifs is 1. The number of carbonyl (C=O) groups excluding carboxylic acids is 1. The molecule has 2 aromatic rings. The summed E-state index contributed by atoms with van der Waals surface area (Å²) in [4.78, 5) is 27.3. The van der Waals surface area contributed by atoms with E-state index in [9.17, 15) is 25.1 Å². The highest BCUT2D eigenvalue weighted by atomic mass is 16.6. The van der Waals surface area contributed by atoms with Crippen LogP contribution in [0.3, 0.4) is 0 Å². The van der Waals surface area contributed by atoms with E-state index >= 15 is 0 Å². The van der Waals surface area contributed by atoms with Gasteiger partial charge in [0, 0.05) is 30.8 Å². The minimum Gasteiger partial charge on any atom is -0.504 e. The minimum absolute atomic E-state index is 0.00523. The van der Waals surface area contributed by atoms with Crippen LogP contribution in [0.2, 0.25) is 0 Å². The van der Waals surface area contributed by atoms with Gasteiger partial charge in [0.1, 0.15) is 0 Å². The molecule has 8 heteroatoms. The highest BCUT2D eigenvalue weighted by Gasteiger charge is 2.48. The Morgan fingerprint density at radius 3 is 2.52 bits per heavy atom. The number of nitrogens with zero attached hydrogens (tertiary/aromatic N) is 3. The third kappa shape index (κ3) is 2.97. The van der Waals surface area contributed by atoms with Gasteiger partial charge in [-0.25, -0.2) is 0 Å². The molecule has 1 amide bonds. The number of hydrogen-bond acceptors (Lipinski definition) is 6. The van der Waals surface area contributed by atoms with Gasteiger partial charge in [-0.15, -0.1) is 0 Å². The van der Waals surface area contributed by atoms with Gasteiger partial charge in [0.25, 0.3) is 5.69 Å². The Balaban J connectivity index is 1.68. The summed E-state index contributed by atoms with van der Waals surface area (Å²) in [5.74, 6) is -0.390. The number of amides is 1. The number of anilines is 1. The van der Waals surface area contributed by atoms with Gasteiger partial charge in [0.15, 0.2) is 11.5 Å². The number of phenolic OH excluding ortho intramolecular Hbond substituents is 2. The molecule has 0 saturated carbocycles. The molecule has 2 N–H and O–H groups in total. The summed E-state index contributed by atoms with van der Waals surface area (Å²) in [6, 6.07) is 10.5. The maximum atomic E-state index is 13.0. The van der Waals surface area contributed by atoms with Crippen LogP contribution in [-0.4, -0.2) is 44.7 Å². The van der Waals surface area contributed by atoms with Gasteiger partial charge in [0.05, 0.1) is 17.1 Å². The Hall–Kier alpha value is -3.13. The monoisotopic (exact) mass is 369 g/mol. The summed E-state index contributed by atoms with van der Waals surface area (Å²) in [6.45, 7) is 0.800.